The zero-order valence-corrected chi connectivity index (χ0v) is 14.5. The molecule has 1 heterocycles. The van der Waals surface area contributed by atoms with Crippen LogP contribution >= 0.6 is 23.4 Å². The third-order valence-electron chi connectivity index (χ3n) is 3.26. The summed E-state index contributed by atoms with van der Waals surface area (Å²) in [6.07, 6.45) is 3.01. The van der Waals surface area contributed by atoms with E-state index in [2.05, 4.69) is 21.5 Å². The Labute approximate surface area is 149 Å². The second-order valence-electron chi connectivity index (χ2n) is 5.15. The van der Waals surface area contributed by atoms with Crippen LogP contribution in [-0.4, -0.2) is 26.4 Å². The molecule has 7 heteroatoms. The van der Waals surface area contributed by atoms with Crippen LogP contribution in [0.2, 0.25) is 5.02 Å². The summed E-state index contributed by atoms with van der Waals surface area (Å²) in [6, 6.07) is 13.3. The van der Waals surface area contributed by atoms with Gasteiger partial charge in [-0.05, 0) is 37.3 Å². The molecule has 24 heavy (non-hydrogen) atoms. The van der Waals surface area contributed by atoms with Gasteiger partial charge in [0, 0.05) is 9.92 Å². The first kappa shape index (κ1) is 16.5. The van der Waals surface area contributed by atoms with Crippen LogP contribution in [-0.2, 0) is 4.79 Å². The summed E-state index contributed by atoms with van der Waals surface area (Å²) in [4.78, 5) is 17.3. The number of amides is 1. The van der Waals surface area contributed by atoms with E-state index in [-0.39, 0.29) is 5.91 Å². The minimum Gasteiger partial charge on any atom is -0.323 e. The minimum atomic E-state index is -0.106. The van der Waals surface area contributed by atoms with Gasteiger partial charge in [0.05, 0.1) is 17.1 Å². The number of thioether (sulfide) groups is 1. The molecule has 5 nitrogen and oxygen atoms in total. The molecular weight excluding hydrogens is 344 g/mol. The number of aromatic nitrogens is 3. The third-order valence-corrected chi connectivity index (χ3v) is 4.49. The van der Waals surface area contributed by atoms with Crippen LogP contribution in [0.25, 0.3) is 5.69 Å². The Morgan fingerprint density at radius 1 is 1.29 bits per heavy atom. The maximum absolute atomic E-state index is 12.3. The van der Waals surface area contributed by atoms with E-state index in [1.54, 1.807) is 29.2 Å². The highest BCUT2D eigenvalue weighted by molar-refractivity contribution is 8.00. The summed E-state index contributed by atoms with van der Waals surface area (Å²) in [7, 11) is 0. The third kappa shape index (κ3) is 4.15. The maximum Gasteiger partial charge on any atom is 0.234 e. The SMILES string of the molecule is Cc1cccc(SCC(=O)Nc2cc(Cl)ccc2-n2cncn2)c1. The minimum absolute atomic E-state index is 0.106. The molecule has 0 bridgehead atoms. The number of halogens is 1. The van der Waals surface area contributed by atoms with Gasteiger partial charge in [-0.2, -0.15) is 5.10 Å². The average Bonchev–Trinajstić information content (AvgIpc) is 3.07. The first-order valence-electron chi connectivity index (χ1n) is 7.26. The molecule has 3 rings (SSSR count). The smallest absolute Gasteiger partial charge is 0.234 e. The van der Waals surface area contributed by atoms with E-state index < -0.39 is 0 Å². The predicted octanol–water partition coefficient (Wildman–Crippen LogP) is 3.96. The number of nitrogens with zero attached hydrogens (tertiary/aromatic N) is 3. The van der Waals surface area contributed by atoms with Gasteiger partial charge in [0.15, 0.2) is 0 Å². The lowest BCUT2D eigenvalue weighted by Gasteiger charge is -2.11. The van der Waals surface area contributed by atoms with Crippen LogP contribution < -0.4 is 5.32 Å². The fourth-order valence-corrected chi connectivity index (χ4v) is 3.17. The van der Waals surface area contributed by atoms with Crippen LogP contribution in [0, 0.1) is 6.92 Å². The summed E-state index contributed by atoms with van der Waals surface area (Å²) >= 11 is 7.54. The molecule has 0 fully saturated rings. The van der Waals surface area contributed by atoms with E-state index >= 15 is 0 Å². The Kier molecular flexibility index (Phi) is 5.17. The van der Waals surface area contributed by atoms with Crippen molar-refractivity contribution in [3.63, 3.8) is 0 Å². The summed E-state index contributed by atoms with van der Waals surface area (Å²) < 4.78 is 1.58. The van der Waals surface area contributed by atoms with Gasteiger partial charge < -0.3 is 5.32 Å². The van der Waals surface area contributed by atoms with Gasteiger partial charge in [-0.25, -0.2) is 9.67 Å². The van der Waals surface area contributed by atoms with Crippen molar-refractivity contribution >= 4 is 35.0 Å². The van der Waals surface area contributed by atoms with Gasteiger partial charge in [-0.15, -0.1) is 11.8 Å². The molecule has 0 unspecified atom stereocenters. The quantitative estimate of drug-likeness (QED) is 0.701. The van der Waals surface area contributed by atoms with Crippen molar-refractivity contribution in [2.45, 2.75) is 11.8 Å². The highest BCUT2D eigenvalue weighted by Gasteiger charge is 2.10. The number of carbonyl (C=O) groups is 1. The Morgan fingerprint density at radius 2 is 2.17 bits per heavy atom. The summed E-state index contributed by atoms with van der Waals surface area (Å²) in [5, 5.41) is 7.53. The molecule has 1 N–H and O–H groups in total. The molecule has 2 aromatic carbocycles. The largest absolute Gasteiger partial charge is 0.323 e. The maximum atomic E-state index is 12.3. The molecule has 0 saturated carbocycles. The van der Waals surface area contributed by atoms with Crippen LogP contribution in [0.4, 0.5) is 5.69 Å². The molecule has 3 aromatic rings. The van der Waals surface area contributed by atoms with Gasteiger partial charge in [0.2, 0.25) is 5.91 Å². The lowest BCUT2D eigenvalue weighted by Crippen LogP contribution is -2.16. The first-order valence-corrected chi connectivity index (χ1v) is 8.62. The normalized spacial score (nSPS) is 10.6. The van der Waals surface area contributed by atoms with Crippen LogP contribution in [0.3, 0.4) is 0 Å². The molecule has 0 aliphatic carbocycles. The molecule has 0 spiro atoms. The standard InChI is InChI=1S/C17H15ClN4OS/c1-12-3-2-4-14(7-12)24-9-17(23)21-15-8-13(18)5-6-16(15)22-11-19-10-20-22/h2-8,10-11H,9H2,1H3,(H,21,23). The van der Waals surface area contributed by atoms with E-state index in [1.807, 2.05) is 25.1 Å². The predicted molar refractivity (Wildman–Crippen MR) is 96.9 cm³/mol. The molecule has 0 radical (unpaired) electrons. The molecule has 1 amide bonds. The highest BCUT2D eigenvalue weighted by atomic mass is 35.5. The first-order chi connectivity index (χ1) is 11.6. The number of aryl methyl sites for hydroxylation is 1. The fourth-order valence-electron chi connectivity index (χ4n) is 2.18. The Balaban J connectivity index is 1.71. The fraction of sp³-hybridized carbons (Fsp3) is 0.118. The number of hydrogen-bond acceptors (Lipinski definition) is 4. The van der Waals surface area contributed by atoms with Gasteiger partial charge >= 0.3 is 0 Å². The second-order valence-corrected chi connectivity index (χ2v) is 6.64. The van der Waals surface area contributed by atoms with Crippen molar-refractivity contribution in [2.75, 3.05) is 11.1 Å². The van der Waals surface area contributed by atoms with E-state index in [4.69, 9.17) is 11.6 Å². The molecule has 1 aromatic heterocycles. The Hall–Kier alpha value is -2.31. The Morgan fingerprint density at radius 3 is 2.92 bits per heavy atom. The van der Waals surface area contributed by atoms with Crippen molar-refractivity contribution in [3.05, 3.63) is 65.7 Å². The van der Waals surface area contributed by atoms with Crippen molar-refractivity contribution in [2.24, 2.45) is 0 Å². The number of hydrogen-bond donors (Lipinski definition) is 1. The average molecular weight is 359 g/mol. The zero-order valence-electron chi connectivity index (χ0n) is 12.9. The zero-order chi connectivity index (χ0) is 16.9. The number of nitrogens with one attached hydrogen (secondary N) is 1. The molecular formula is C17H15ClN4OS. The van der Waals surface area contributed by atoms with Gasteiger partial charge in [-0.3, -0.25) is 4.79 Å². The molecule has 122 valence electrons. The molecule has 0 aliphatic rings. The van der Waals surface area contributed by atoms with Gasteiger partial charge in [0.25, 0.3) is 0 Å². The monoisotopic (exact) mass is 358 g/mol. The number of benzene rings is 2. The molecule has 0 saturated heterocycles. The summed E-state index contributed by atoms with van der Waals surface area (Å²) in [6.45, 7) is 2.03. The number of carbonyl (C=O) groups excluding carboxylic acids is 1. The molecule has 0 aliphatic heterocycles. The topological polar surface area (TPSA) is 59.8 Å². The Bertz CT molecular complexity index is 852. The van der Waals surface area contributed by atoms with Gasteiger partial charge in [0.1, 0.15) is 12.7 Å². The van der Waals surface area contributed by atoms with E-state index in [0.717, 1.165) is 4.90 Å². The van der Waals surface area contributed by atoms with Crippen molar-refractivity contribution in [1.82, 2.24) is 14.8 Å². The molecule has 0 atom stereocenters. The number of anilines is 1. The van der Waals surface area contributed by atoms with Crippen LogP contribution in [0.15, 0.2) is 60.0 Å². The van der Waals surface area contributed by atoms with Crippen LogP contribution in [0.1, 0.15) is 5.56 Å². The summed E-state index contributed by atoms with van der Waals surface area (Å²) in [5.41, 5.74) is 2.48. The van der Waals surface area contributed by atoms with Crippen molar-refractivity contribution < 1.29 is 4.79 Å². The van der Waals surface area contributed by atoms with Crippen molar-refractivity contribution in [1.29, 1.82) is 0 Å². The van der Waals surface area contributed by atoms with Crippen molar-refractivity contribution in [3.8, 4) is 5.69 Å². The van der Waals surface area contributed by atoms with Gasteiger partial charge in [-0.1, -0.05) is 29.3 Å². The van der Waals surface area contributed by atoms with Crippen LogP contribution in [0.5, 0.6) is 0 Å². The second kappa shape index (κ2) is 7.51. The number of rotatable bonds is 5. The van der Waals surface area contributed by atoms with E-state index in [9.17, 15) is 4.79 Å². The lowest BCUT2D eigenvalue weighted by molar-refractivity contribution is -0.113. The summed E-state index contributed by atoms with van der Waals surface area (Å²) in [5.74, 6) is 0.206. The van der Waals surface area contributed by atoms with E-state index in [1.165, 1.54) is 23.7 Å². The lowest BCUT2D eigenvalue weighted by atomic mass is 10.2. The van der Waals surface area contributed by atoms with E-state index in [0.29, 0.717) is 22.2 Å². The highest BCUT2D eigenvalue weighted by Crippen LogP contribution is 2.25.